The van der Waals surface area contributed by atoms with E-state index in [9.17, 15) is 26.7 Å². The normalized spacial score (nSPS) is 11.4. The van der Waals surface area contributed by atoms with Gasteiger partial charge in [0, 0.05) is 0 Å². The fraction of sp³-hybridized carbons (Fsp3) is 0.222. The van der Waals surface area contributed by atoms with E-state index in [2.05, 4.69) is 4.74 Å². The predicted molar refractivity (Wildman–Crippen MR) is 44.5 cm³/mol. The van der Waals surface area contributed by atoms with Gasteiger partial charge in [0.15, 0.2) is 18.2 Å². The fourth-order valence-electron chi connectivity index (χ4n) is 1.00. The van der Waals surface area contributed by atoms with Crippen LogP contribution in [0.25, 0.3) is 0 Å². The third-order valence-corrected chi connectivity index (χ3v) is 1.70. The highest BCUT2D eigenvalue weighted by Crippen LogP contribution is 2.34. The molecule has 17 heavy (non-hydrogen) atoms. The molecular weight excluding hydrogens is 251 g/mol. The Morgan fingerprint density at radius 3 is 2.29 bits per heavy atom. The van der Waals surface area contributed by atoms with Crippen molar-refractivity contribution in [1.82, 2.24) is 0 Å². The van der Waals surface area contributed by atoms with Gasteiger partial charge in [-0.1, -0.05) is 0 Å². The molecule has 0 aliphatic carbocycles. The Morgan fingerprint density at radius 2 is 1.82 bits per heavy atom. The van der Waals surface area contributed by atoms with Crippen molar-refractivity contribution in [3.63, 3.8) is 0 Å². The van der Waals surface area contributed by atoms with Gasteiger partial charge in [-0.2, -0.15) is 17.6 Å². The summed E-state index contributed by atoms with van der Waals surface area (Å²) in [5, 5.41) is 8.20. The zero-order chi connectivity index (χ0) is 13.2. The van der Waals surface area contributed by atoms with Crippen molar-refractivity contribution in [3.05, 3.63) is 29.3 Å². The van der Waals surface area contributed by atoms with Gasteiger partial charge in [0.2, 0.25) is 5.82 Å². The van der Waals surface area contributed by atoms with Crippen molar-refractivity contribution in [2.24, 2.45) is 0 Å². The highest BCUT2D eigenvalue weighted by Gasteiger charge is 2.36. The molecule has 0 bridgehead atoms. The van der Waals surface area contributed by atoms with E-state index in [1.807, 2.05) is 0 Å². The number of carbonyl (C=O) groups is 1. The molecule has 0 radical (unpaired) electrons. The summed E-state index contributed by atoms with van der Waals surface area (Å²) in [7, 11) is 0. The summed E-state index contributed by atoms with van der Waals surface area (Å²) in [5.74, 6) is -6.36. The molecule has 0 aliphatic rings. The molecule has 0 aromatic heterocycles. The van der Waals surface area contributed by atoms with E-state index < -0.39 is 41.7 Å². The first-order chi connectivity index (χ1) is 7.73. The standard InChI is InChI=1S/C9H5F5O3/c10-7-4(9(12,13)14)1-2-5(8(7)11)17-3-6(15)16/h1-2H,3H2,(H,15,16). The summed E-state index contributed by atoms with van der Waals surface area (Å²) < 4.78 is 66.7. The van der Waals surface area contributed by atoms with Gasteiger partial charge in [0.05, 0.1) is 5.56 Å². The summed E-state index contributed by atoms with van der Waals surface area (Å²) in [6.07, 6.45) is -5.03. The summed E-state index contributed by atoms with van der Waals surface area (Å²) in [5.41, 5.74) is -1.78. The SMILES string of the molecule is O=C(O)COc1ccc(C(F)(F)F)c(F)c1F. The molecule has 8 heteroatoms. The molecule has 0 unspecified atom stereocenters. The van der Waals surface area contributed by atoms with Crippen molar-refractivity contribution < 1.29 is 36.6 Å². The Morgan fingerprint density at radius 1 is 1.24 bits per heavy atom. The number of hydrogen-bond acceptors (Lipinski definition) is 2. The molecule has 0 fully saturated rings. The van der Waals surface area contributed by atoms with E-state index in [0.717, 1.165) is 0 Å². The number of benzene rings is 1. The first-order valence-electron chi connectivity index (χ1n) is 4.13. The minimum atomic E-state index is -5.03. The van der Waals surface area contributed by atoms with Gasteiger partial charge < -0.3 is 9.84 Å². The van der Waals surface area contributed by atoms with Crippen molar-refractivity contribution >= 4 is 5.97 Å². The molecule has 0 atom stereocenters. The van der Waals surface area contributed by atoms with E-state index in [4.69, 9.17) is 5.11 Å². The van der Waals surface area contributed by atoms with Crippen LogP contribution in [0.1, 0.15) is 5.56 Å². The Balaban J connectivity index is 3.07. The Hall–Kier alpha value is -1.86. The molecular formula is C9H5F5O3. The van der Waals surface area contributed by atoms with Crippen molar-refractivity contribution in [2.75, 3.05) is 6.61 Å². The van der Waals surface area contributed by atoms with Crippen LogP contribution in [-0.4, -0.2) is 17.7 Å². The molecule has 1 N–H and O–H groups in total. The first kappa shape index (κ1) is 13.2. The number of carboxylic acids is 1. The second kappa shape index (κ2) is 4.56. The average molecular weight is 256 g/mol. The van der Waals surface area contributed by atoms with Crippen LogP contribution >= 0.6 is 0 Å². The Kier molecular flexibility index (Phi) is 3.54. The van der Waals surface area contributed by atoms with Crippen LogP contribution in [0, 0.1) is 11.6 Å². The Bertz CT molecular complexity index is 441. The molecule has 3 nitrogen and oxygen atoms in total. The van der Waals surface area contributed by atoms with Gasteiger partial charge in [0.1, 0.15) is 0 Å². The summed E-state index contributed by atoms with van der Waals surface area (Å²) in [4.78, 5) is 10.1. The molecule has 1 rings (SSSR count). The lowest BCUT2D eigenvalue weighted by atomic mass is 10.2. The van der Waals surface area contributed by atoms with E-state index in [1.54, 1.807) is 0 Å². The van der Waals surface area contributed by atoms with Gasteiger partial charge in [-0.3, -0.25) is 0 Å². The lowest BCUT2D eigenvalue weighted by Crippen LogP contribution is -2.13. The van der Waals surface area contributed by atoms with Crippen LogP contribution in [-0.2, 0) is 11.0 Å². The Labute approximate surface area is 91.4 Å². The molecule has 0 spiro atoms. The van der Waals surface area contributed by atoms with E-state index in [1.165, 1.54) is 0 Å². The second-order valence-electron chi connectivity index (χ2n) is 2.92. The maximum atomic E-state index is 13.0. The third kappa shape index (κ3) is 3.05. The zero-order valence-electron chi connectivity index (χ0n) is 8.02. The number of hydrogen-bond donors (Lipinski definition) is 1. The van der Waals surface area contributed by atoms with Crippen LogP contribution in [0.15, 0.2) is 12.1 Å². The molecule has 0 saturated heterocycles. The number of aliphatic carboxylic acids is 1. The number of rotatable bonds is 3. The van der Waals surface area contributed by atoms with Gasteiger partial charge in [-0.15, -0.1) is 0 Å². The number of alkyl halides is 3. The van der Waals surface area contributed by atoms with Crippen molar-refractivity contribution in [2.45, 2.75) is 6.18 Å². The highest BCUT2D eigenvalue weighted by molar-refractivity contribution is 5.68. The summed E-state index contributed by atoms with van der Waals surface area (Å²) in [6.45, 7) is -0.984. The fourth-order valence-corrected chi connectivity index (χ4v) is 1.00. The minimum absolute atomic E-state index is 0.273. The lowest BCUT2D eigenvalue weighted by molar-refractivity contribution is -0.141. The molecule has 1 aromatic rings. The largest absolute Gasteiger partial charge is 0.479 e. The third-order valence-electron chi connectivity index (χ3n) is 1.70. The van der Waals surface area contributed by atoms with Crippen LogP contribution < -0.4 is 4.74 Å². The number of carboxylic acid groups (broad SMARTS) is 1. The van der Waals surface area contributed by atoms with E-state index in [-0.39, 0.29) is 6.07 Å². The van der Waals surface area contributed by atoms with Crippen molar-refractivity contribution in [3.8, 4) is 5.75 Å². The van der Waals surface area contributed by atoms with Gasteiger partial charge in [0.25, 0.3) is 0 Å². The maximum Gasteiger partial charge on any atom is 0.419 e. The molecule has 0 heterocycles. The van der Waals surface area contributed by atoms with Gasteiger partial charge in [-0.05, 0) is 12.1 Å². The molecule has 1 aromatic carbocycles. The second-order valence-corrected chi connectivity index (χ2v) is 2.92. The minimum Gasteiger partial charge on any atom is -0.479 e. The molecule has 0 aliphatic heterocycles. The monoisotopic (exact) mass is 256 g/mol. The molecule has 0 saturated carbocycles. The van der Waals surface area contributed by atoms with Crippen LogP contribution in [0.3, 0.4) is 0 Å². The lowest BCUT2D eigenvalue weighted by Gasteiger charge is -2.11. The molecule has 94 valence electrons. The number of halogens is 5. The average Bonchev–Trinajstić information content (AvgIpc) is 2.18. The summed E-state index contributed by atoms with van der Waals surface area (Å²) in [6, 6.07) is 0.791. The molecule has 0 amide bonds. The van der Waals surface area contributed by atoms with E-state index >= 15 is 0 Å². The quantitative estimate of drug-likeness (QED) is 0.845. The van der Waals surface area contributed by atoms with Crippen LogP contribution in [0.2, 0.25) is 0 Å². The van der Waals surface area contributed by atoms with Crippen LogP contribution in [0.5, 0.6) is 5.75 Å². The first-order valence-corrected chi connectivity index (χ1v) is 4.13. The van der Waals surface area contributed by atoms with E-state index in [0.29, 0.717) is 6.07 Å². The van der Waals surface area contributed by atoms with Crippen LogP contribution in [0.4, 0.5) is 22.0 Å². The predicted octanol–water partition coefficient (Wildman–Crippen LogP) is 2.45. The highest BCUT2D eigenvalue weighted by atomic mass is 19.4. The smallest absolute Gasteiger partial charge is 0.419 e. The summed E-state index contributed by atoms with van der Waals surface area (Å²) >= 11 is 0. The topological polar surface area (TPSA) is 46.5 Å². The maximum absolute atomic E-state index is 13.0. The van der Waals surface area contributed by atoms with Crippen molar-refractivity contribution in [1.29, 1.82) is 0 Å². The van der Waals surface area contributed by atoms with Gasteiger partial charge in [-0.25, -0.2) is 9.18 Å². The zero-order valence-corrected chi connectivity index (χ0v) is 8.02. The number of ether oxygens (including phenoxy) is 1. The van der Waals surface area contributed by atoms with Gasteiger partial charge >= 0.3 is 12.1 Å².